The van der Waals surface area contributed by atoms with Gasteiger partial charge in [0.25, 0.3) is 0 Å². The summed E-state index contributed by atoms with van der Waals surface area (Å²) < 4.78 is 9.08. The number of amides is 1. The molecule has 4 rings (SSSR count). The van der Waals surface area contributed by atoms with Crippen LogP contribution in [0.3, 0.4) is 0 Å². The fourth-order valence-corrected chi connectivity index (χ4v) is 5.40. The fourth-order valence-electron chi connectivity index (χ4n) is 3.36. The van der Waals surface area contributed by atoms with E-state index in [2.05, 4.69) is 36.4 Å². The second-order valence-electron chi connectivity index (χ2n) is 7.64. The SMILES string of the molecule is CCn1c(SCC(=O)Nc2nc(-c3ccc(Br)cc3)cs2)nnc1C(C)Oc1ccc(Cl)cc1C. The molecule has 2 aromatic heterocycles. The quantitative estimate of drug-likeness (QED) is 0.210. The van der Waals surface area contributed by atoms with E-state index in [1.54, 1.807) is 6.07 Å². The summed E-state index contributed by atoms with van der Waals surface area (Å²) in [6.07, 6.45) is -0.321. The van der Waals surface area contributed by atoms with E-state index < -0.39 is 0 Å². The largest absolute Gasteiger partial charge is 0.482 e. The minimum atomic E-state index is -0.321. The molecule has 2 heterocycles. The Morgan fingerprint density at radius 1 is 1.26 bits per heavy atom. The normalized spacial score (nSPS) is 11.9. The highest BCUT2D eigenvalue weighted by Crippen LogP contribution is 2.29. The van der Waals surface area contributed by atoms with Gasteiger partial charge in [0, 0.05) is 27.0 Å². The second-order valence-corrected chi connectivity index (χ2v) is 10.8. The standard InChI is InChI=1S/C24H23BrClN5O2S2/c1-4-31-22(15(3)33-20-10-9-18(26)11-14(20)2)29-30-24(31)35-13-21(32)28-23-27-19(12-34-23)16-5-7-17(25)8-6-16/h5-12,15H,4,13H2,1-3H3,(H,27,28,32). The number of anilines is 1. The fraction of sp³-hybridized carbons (Fsp3) is 0.250. The first kappa shape index (κ1) is 25.7. The molecule has 0 radical (unpaired) electrons. The first-order valence-corrected chi connectivity index (χ1v) is 13.9. The number of thioether (sulfide) groups is 1. The van der Waals surface area contributed by atoms with Gasteiger partial charge in [-0.3, -0.25) is 4.79 Å². The van der Waals surface area contributed by atoms with Crippen LogP contribution in [0.2, 0.25) is 5.02 Å². The van der Waals surface area contributed by atoms with E-state index in [9.17, 15) is 4.79 Å². The summed E-state index contributed by atoms with van der Waals surface area (Å²) in [5.41, 5.74) is 2.77. The van der Waals surface area contributed by atoms with Crippen molar-refractivity contribution >= 4 is 61.7 Å². The Morgan fingerprint density at radius 2 is 2.03 bits per heavy atom. The Hall–Kier alpha value is -2.40. The summed E-state index contributed by atoms with van der Waals surface area (Å²) in [5.74, 6) is 1.48. The molecular formula is C24H23BrClN5O2S2. The van der Waals surface area contributed by atoms with Gasteiger partial charge >= 0.3 is 0 Å². The monoisotopic (exact) mass is 591 g/mol. The lowest BCUT2D eigenvalue weighted by molar-refractivity contribution is -0.113. The maximum Gasteiger partial charge on any atom is 0.236 e. The van der Waals surface area contributed by atoms with Crippen molar-refractivity contribution in [1.29, 1.82) is 0 Å². The molecule has 1 amide bonds. The second kappa shape index (κ2) is 11.6. The average molecular weight is 593 g/mol. The number of halogens is 2. The van der Waals surface area contributed by atoms with Crippen molar-refractivity contribution in [3.63, 3.8) is 0 Å². The molecule has 1 atom stereocenters. The zero-order valence-electron chi connectivity index (χ0n) is 19.3. The van der Waals surface area contributed by atoms with E-state index in [1.165, 1.54) is 23.1 Å². The summed E-state index contributed by atoms with van der Waals surface area (Å²) in [7, 11) is 0. The number of ether oxygens (including phenoxy) is 1. The average Bonchev–Trinajstić information content (AvgIpc) is 3.47. The Labute approximate surface area is 225 Å². The molecule has 4 aromatic rings. The van der Waals surface area contributed by atoms with Gasteiger partial charge in [0.2, 0.25) is 5.91 Å². The molecule has 0 spiro atoms. The van der Waals surface area contributed by atoms with Gasteiger partial charge in [-0.1, -0.05) is 51.4 Å². The number of thiazole rings is 1. The lowest BCUT2D eigenvalue weighted by Gasteiger charge is -2.17. The number of carbonyl (C=O) groups excluding carboxylic acids is 1. The van der Waals surface area contributed by atoms with E-state index in [0.717, 1.165) is 27.0 Å². The maximum absolute atomic E-state index is 12.6. The van der Waals surface area contributed by atoms with Gasteiger partial charge in [-0.2, -0.15) is 0 Å². The summed E-state index contributed by atoms with van der Waals surface area (Å²) in [5, 5.41) is 15.3. The lowest BCUT2D eigenvalue weighted by atomic mass is 10.2. The van der Waals surface area contributed by atoms with Crippen molar-refractivity contribution in [1.82, 2.24) is 19.7 Å². The molecule has 35 heavy (non-hydrogen) atoms. The minimum absolute atomic E-state index is 0.153. The van der Waals surface area contributed by atoms with Crippen molar-refractivity contribution in [2.75, 3.05) is 11.1 Å². The third kappa shape index (κ3) is 6.43. The van der Waals surface area contributed by atoms with Gasteiger partial charge in [-0.05, 0) is 56.7 Å². The minimum Gasteiger partial charge on any atom is -0.482 e. The van der Waals surface area contributed by atoms with Crippen LogP contribution in [0.4, 0.5) is 5.13 Å². The molecule has 0 bridgehead atoms. The van der Waals surface area contributed by atoms with Crippen LogP contribution in [-0.2, 0) is 11.3 Å². The molecule has 1 unspecified atom stereocenters. The number of rotatable bonds is 9. The number of aromatic nitrogens is 4. The molecule has 0 aliphatic carbocycles. The van der Waals surface area contributed by atoms with E-state index in [1.807, 2.05) is 67.1 Å². The highest BCUT2D eigenvalue weighted by Gasteiger charge is 2.20. The highest BCUT2D eigenvalue weighted by molar-refractivity contribution is 9.10. The van der Waals surface area contributed by atoms with E-state index in [0.29, 0.717) is 27.7 Å². The highest BCUT2D eigenvalue weighted by atomic mass is 79.9. The van der Waals surface area contributed by atoms with Crippen molar-refractivity contribution in [2.24, 2.45) is 0 Å². The van der Waals surface area contributed by atoms with Crippen LogP contribution in [0.1, 0.15) is 31.3 Å². The lowest BCUT2D eigenvalue weighted by Crippen LogP contribution is -2.15. The molecule has 1 N–H and O–H groups in total. The number of nitrogens with one attached hydrogen (secondary N) is 1. The molecule has 0 fully saturated rings. The molecule has 0 aliphatic heterocycles. The first-order valence-electron chi connectivity index (χ1n) is 10.8. The van der Waals surface area contributed by atoms with Gasteiger partial charge in [0.1, 0.15) is 5.75 Å². The third-order valence-electron chi connectivity index (χ3n) is 5.09. The Kier molecular flexibility index (Phi) is 8.48. The van der Waals surface area contributed by atoms with Crippen LogP contribution >= 0.6 is 50.6 Å². The van der Waals surface area contributed by atoms with Crippen LogP contribution in [0.5, 0.6) is 5.75 Å². The number of aryl methyl sites for hydroxylation is 1. The predicted molar refractivity (Wildman–Crippen MR) is 146 cm³/mol. The third-order valence-corrected chi connectivity index (χ3v) is 7.58. The maximum atomic E-state index is 12.6. The van der Waals surface area contributed by atoms with Gasteiger partial charge in [0.15, 0.2) is 22.2 Å². The van der Waals surface area contributed by atoms with Crippen LogP contribution in [0.25, 0.3) is 11.3 Å². The van der Waals surface area contributed by atoms with Crippen molar-refractivity contribution in [3.05, 3.63) is 68.7 Å². The number of hydrogen-bond acceptors (Lipinski definition) is 7. The Morgan fingerprint density at radius 3 is 2.74 bits per heavy atom. The van der Waals surface area contributed by atoms with Crippen molar-refractivity contribution < 1.29 is 9.53 Å². The number of nitrogens with zero attached hydrogens (tertiary/aromatic N) is 4. The molecule has 7 nitrogen and oxygen atoms in total. The zero-order valence-corrected chi connectivity index (χ0v) is 23.3. The Balaban J connectivity index is 1.36. The van der Waals surface area contributed by atoms with Crippen LogP contribution in [-0.4, -0.2) is 31.4 Å². The summed E-state index contributed by atoms with van der Waals surface area (Å²) in [6.45, 7) is 6.54. The molecule has 0 saturated heterocycles. The molecular weight excluding hydrogens is 570 g/mol. The van der Waals surface area contributed by atoms with Crippen LogP contribution < -0.4 is 10.1 Å². The summed E-state index contributed by atoms with van der Waals surface area (Å²) >= 11 is 12.2. The Bertz CT molecular complexity index is 1330. The van der Waals surface area contributed by atoms with Gasteiger partial charge in [-0.25, -0.2) is 4.98 Å². The summed E-state index contributed by atoms with van der Waals surface area (Å²) in [6, 6.07) is 13.4. The molecule has 11 heteroatoms. The summed E-state index contributed by atoms with van der Waals surface area (Å²) in [4.78, 5) is 17.1. The van der Waals surface area contributed by atoms with Crippen LogP contribution in [0.15, 0.2) is 57.5 Å². The van der Waals surface area contributed by atoms with Gasteiger partial charge < -0.3 is 14.6 Å². The molecule has 182 valence electrons. The first-order chi connectivity index (χ1) is 16.8. The number of benzene rings is 2. The topological polar surface area (TPSA) is 81.9 Å². The van der Waals surface area contributed by atoms with Crippen molar-refractivity contribution in [2.45, 2.75) is 38.6 Å². The smallest absolute Gasteiger partial charge is 0.236 e. The molecule has 2 aromatic carbocycles. The molecule has 0 aliphatic rings. The van der Waals surface area contributed by atoms with E-state index in [4.69, 9.17) is 16.3 Å². The predicted octanol–water partition coefficient (Wildman–Crippen LogP) is 7.02. The van der Waals surface area contributed by atoms with E-state index in [-0.39, 0.29) is 17.8 Å². The van der Waals surface area contributed by atoms with Crippen LogP contribution in [0, 0.1) is 6.92 Å². The van der Waals surface area contributed by atoms with Gasteiger partial charge in [-0.15, -0.1) is 21.5 Å². The number of hydrogen-bond donors (Lipinski definition) is 1. The zero-order chi connectivity index (χ0) is 24.9. The van der Waals surface area contributed by atoms with Crippen molar-refractivity contribution in [3.8, 4) is 17.0 Å². The number of carbonyl (C=O) groups is 1. The molecule has 0 saturated carbocycles. The van der Waals surface area contributed by atoms with Gasteiger partial charge in [0.05, 0.1) is 11.4 Å². The van der Waals surface area contributed by atoms with E-state index >= 15 is 0 Å².